The maximum absolute atomic E-state index is 3.77. The van der Waals surface area contributed by atoms with Gasteiger partial charge in [0.05, 0.1) is 0 Å². The summed E-state index contributed by atoms with van der Waals surface area (Å²) in [6, 6.07) is 25.8. The van der Waals surface area contributed by atoms with E-state index in [1.807, 2.05) is 0 Å². The van der Waals surface area contributed by atoms with Crippen LogP contribution in [-0.2, 0) is 0 Å². The molecule has 0 radical (unpaired) electrons. The Balaban J connectivity index is 1.97. The van der Waals surface area contributed by atoms with Crippen LogP contribution in [0.2, 0.25) is 0 Å². The second-order valence-electron chi connectivity index (χ2n) is 10.3. The summed E-state index contributed by atoms with van der Waals surface area (Å²) in [7, 11) is 0. The van der Waals surface area contributed by atoms with E-state index in [2.05, 4.69) is 144 Å². The van der Waals surface area contributed by atoms with Crippen LogP contribution in [0.4, 0.5) is 22.7 Å². The number of nitrogens with one attached hydrogen (secondary N) is 1. The first-order valence-corrected chi connectivity index (χ1v) is 13.5. The number of aryl methyl sites for hydroxylation is 2. The molecule has 1 N–H and O–H groups in total. The van der Waals surface area contributed by atoms with Crippen molar-refractivity contribution >= 4 is 22.7 Å². The molecule has 2 nitrogen and oxygen atoms in total. The predicted octanol–water partition coefficient (Wildman–Crippen LogP) is 10.6. The second-order valence-corrected chi connectivity index (χ2v) is 10.3. The van der Waals surface area contributed by atoms with Crippen LogP contribution in [0.15, 0.2) is 96.2 Å². The van der Waals surface area contributed by atoms with Gasteiger partial charge in [0.2, 0.25) is 0 Å². The zero-order valence-electron chi connectivity index (χ0n) is 23.4. The molecule has 0 saturated heterocycles. The fraction of sp³-hybridized carbons (Fsp3) is 0.353. The van der Waals surface area contributed by atoms with Crippen LogP contribution in [-0.4, -0.2) is 0 Å². The summed E-state index contributed by atoms with van der Waals surface area (Å²) in [4.78, 5) is 2.33. The van der Waals surface area contributed by atoms with Crippen LogP contribution in [0, 0.1) is 19.3 Å². The Bertz CT molecular complexity index is 1110. The van der Waals surface area contributed by atoms with Gasteiger partial charge >= 0.3 is 0 Å². The molecule has 0 amide bonds. The highest BCUT2D eigenvalue weighted by Gasteiger charge is 2.22. The zero-order chi connectivity index (χ0) is 26.1. The molecule has 0 aliphatic carbocycles. The minimum atomic E-state index is 0.209. The van der Waals surface area contributed by atoms with Gasteiger partial charge in [-0.25, -0.2) is 0 Å². The molecule has 0 saturated carbocycles. The topological polar surface area (TPSA) is 15.3 Å². The first-order chi connectivity index (χ1) is 17.3. The first kappa shape index (κ1) is 27.3. The summed E-state index contributed by atoms with van der Waals surface area (Å²) in [5, 5.41) is 3.77. The molecule has 0 unspecified atom stereocenters. The Morgan fingerprint density at radius 2 is 1.36 bits per heavy atom. The van der Waals surface area contributed by atoms with Gasteiger partial charge in [-0.3, -0.25) is 0 Å². The van der Waals surface area contributed by atoms with Crippen molar-refractivity contribution in [3.8, 4) is 0 Å². The lowest BCUT2D eigenvalue weighted by molar-refractivity contribution is 0.382. The van der Waals surface area contributed by atoms with E-state index in [0.717, 1.165) is 17.8 Å². The van der Waals surface area contributed by atoms with Crippen molar-refractivity contribution in [2.45, 2.75) is 74.1 Å². The Labute approximate surface area is 219 Å². The van der Waals surface area contributed by atoms with Crippen molar-refractivity contribution in [2.24, 2.45) is 5.41 Å². The minimum Gasteiger partial charge on any atom is -0.355 e. The lowest BCUT2D eigenvalue weighted by atomic mass is 9.78. The van der Waals surface area contributed by atoms with Crippen LogP contribution >= 0.6 is 0 Å². The van der Waals surface area contributed by atoms with E-state index in [4.69, 9.17) is 0 Å². The average Bonchev–Trinajstić information content (AvgIpc) is 2.88. The first-order valence-electron chi connectivity index (χ1n) is 13.5. The molecule has 190 valence electrons. The van der Waals surface area contributed by atoms with Gasteiger partial charge < -0.3 is 10.2 Å². The summed E-state index contributed by atoms with van der Waals surface area (Å²) < 4.78 is 0. The predicted molar refractivity (Wildman–Crippen MR) is 160 cm³/mol. The molecule has 0 aliphatic rings. The van der Waals surface area contributed by atoms with E-state index in [-0.39, 0.29) is 5.41 Å². The number of nitrogens with zero attached hydrogens (tertiary/aromatic N) is 1. The Hall–Kier alpha value is -3.26. The standard InChI is InChI=1S/C34H44N2/c1-8-11-22-34(6,7)28(9-2)25-29(10-3)35-33-26(4)23-32(24-27(33)5)36(30-18-14-12-15-19-30)31-20-16-13-17-21-31/h10,12-21,23-25,35H,8-9,11,22H2,1-7H3/b28-25+,29-10+. The van der Waals surface area contributed by atoms with Gasteiger partial charge in [-0.05, 0) is 92.6 Å². The van der Waals surface area contributed by atoms with E-state index < -0.39 is 0 Å². The lowest BCUT2D eigenvalue weighted by Crippen LogP contribution is -2.16. The number of hydrogen-bond acceptors (Lipinski definition) is 2. The number of anilines is 4. The molecule has 0 fully saturated rings. The van der Waals surface area contributed by atoms with Gasteiger partial charge in [0.25, 0.3) is 0 Å². The summed E-state index contributed by atoms with van der Waals surface area (Å²) in [6.45, 7) is 15.9. The lowest BCUT2D eigenvalue weighted by Gasteiger charge is -2.29. The van der Waals surface area contributed by atoms with Crippen LogP contribution in [0.25, 0.3) is 0 Å². The number of para-hydroxylation sites is 2. The number of benzene rings is 3. The number of unbranched alkanes of at least 4 members (excludes halogenated alkanes) is 1. The quantitative estimate of drug-likeness (QED) is 0.274. The van der Waals surface area contributed by atoms with Gasteiger partial charge in [0.1, 0.15) is 0 Å². The third kappa shape index (κ3) is 6.69. The van der Waals surface area contributed by atoms with Crippen LogP contribution in [0.1, 0.15) is 71.4 Å². The number of hydrogen-bond donors (Lipinski definition) is 1. The largest absolute Gasteiger partial charge is 0.355 e. The summed E-state index contributed by atoms with van der Waals surface area (Å²) >= 11 is 0. The fourth-order valence-electron chi connectivity index (χ4n) is 4.95. The molecule has 0 heterocycles. The highest BCUT2D eigenvalue weighted by molar-refractivity contribution is 5.79. The van der Waals surface area contributed by atoms with Crippen molar-refractivity contribution in [2.75, 3.05) is 10.2 Å². The molecule has 0 aliphatic heterocycles. The van der Waals surface area contributed by atoms with Gasteiger partial charge in [0, 0.05) is 28.4 Å². The normalized spacial score (nSPS) is 12.5. The molecular formula is C34H44N2. The molecule has 3 rings (SSSR count). The maximum atomic E-state index is 3.77. The highest BCUT2D eigenvalue weighted by atomic mass is 15.1. The van der Waals surface area contributed by atoms with E-state index in [1.54, 1.807) is 0 Å². The van der Waals surface area contributed by atoms with E-state index in [0.29, 0.717) is 0 Å². The number of allylic oxidation sites excluding steroid dienone is 3. The van der Waals surface area contributed by atoms with E-state index in [1.165, 1.54) is 53.0 Å². The average molecular weight is 481 g/mol. The molecule has 36 heavy (non-hydrogen) atoms. The van der Waals surface area contributed by atoms with Crippen LogP contribution < -0.4 is 10.2 Å². The van der Waals surface area contributed by atoms with Crippen LogP contribution in [0.5, 0.6) is 0 Å². The summed E-state index contributed by atoms with van der Waals surface area (Å²) in [5.74, 6) is 0. The van der Waals surface area contributed by atoms with Gasteiger partial charge in [-0.1, -0.05) is 88.6 Å². The molecule has 0 spiro atoms. The maximum Gasteiger partial charge on any atom is 0.0468 e. The minimum absolute atomic E-state index is 0.209. The molecule has 3 aromatic carbocycles. The zero-order valence-corrected chi connectivity index (χ0v) is 23.4. The Morgan fingerprint density at radius 3 is 1.81 bits per heavy atom. The van der Waals surface area contributed by atoms with Crippen molar-refractivity contribution in [1.82, 2.24) is 0 Å². The van der Waals surface area contributed by atoms with Gasteiger partial charge in [-0.15, -0.1) is 0 Å². The molecular weight excluding hydrogens is 436 g/mol. The summed E-state index contributed by atoms with van der Waals surface area (Å²) in [6.07, 6.45) is 9.36. The van der Waals surface area contributed by atoms with Crippen molar-refractivity contribution in [3.63, 3.8) is 0 Å². The van der Waals surface area contributed by atoms with Crippen molar-refractivity contribution in [3.05, 3.63) is 107 Å². The SMILES string of the molecule is C/C=C(\C=C(/CC)C(C)(C)CCCC)Nc1c(C)cc(N(c2ccccc2)c2ccccc2)cc1C. The van der Waals surface area contributed by atoms with E-state index >= 15 is 0 Å². The third-order valence-corrected chi connectivity index (χ3v) is 7.12. The molecule has 2 heteroatoms. The van der Waals surface area contributed by atoms with Crippen molar-refractivity contribution < 1.29 is 0 Å². The highest BCUT2D eigenvalue weighted by Crippen LogP contribution is 2.38. The van der Waals surface area contributed by atoms with Crippen LogP contribution in [0.3, 0.4) is 0 Å². The van der Waals surface area contributed by atoms with E-state index in [9.17, 15) is 0 Å². The monoisotopic (exact) mass is 480 g/mol. The molecule has 0 aromatic heterocycles. The molecule has 0 atom stereocenters. The fourth-order valence-corrected chi connectivity index (χ4v) is 4.95. The molecule has 0 bridgehead atoms. The Morgan fingerprint density at radius 1 is 0.833 bits per heavy atom. The second kappa shape index (κ2) is 12.6. The van der Waals surface area contributed by atoms with Gasteiger partial charge in [-0.2, -0.15) is 0 Å². The van der Waals surface area contributed by atoms with Gasteiger partial charge in [0.15, 0.2) is 0 Å². The third-order valence-electron chi connectivity index (χ3n) is 7.12. The molecule has 3 aromatic rings. The number of rotatable bonds is 11. The smallest absolute Gasteiger partial charge is 0.0468 e. The van der Waals surface area contributed by atoms with Crippen molar-refractivity contribution in [1.29, 1.82) is 0 Å². The Kier molecular flexibility index (Phi) is 9.58. The summed E-state index contributed by atoms with van der Waals surface area (Å²) in [5.41, 5.74) is 10.0.